The van der Waals surface area contributed by atoms with Crippen LogP contribution in [0.25, 0.3) is 0 Å². The van der Waals surface area contributed by atoms with Crippen LogP contribution in [-0.4, -0.2) is 40.2 Å². The molecule has 2 aromatic rings. The maximum Gasteiger partial charge on any atom is 0.342 e. The summed E-state index contributed by atoms with van der Waals surface area (Å²) in [5.74, 6) is 0.193. The molecule has 0 unspecified atom stereocenters. The molecule has 1 heterocycles. The molecule has 10 heteroatoms. The normalized spacial score (nSPS) is 10.7. The Bertz CT molecular complexity index is 829. The Morgan fingerprint density at radius 2 is 2.30 bits per heavy atom. The molecule has 2 rings (SSSR count). The highest BCUT2D eigenvalue weighted by Gasteiger charge is 2.07. The molecule has 0 radical (unpaired) electrons. The van der Waals surface area contributed by atoms with E-state index in [1.165, 1.54) is 6.21 Å². The third-order valence-electron chi connectivity index (χ3n) is 2.52. The van der Waals surface area contributed by atoms with E-state index in [9.17, 15) is 14.4 Å². The second-order valence-electron chi connectivity index (χ2n) is 4.17. The summed E-state index contributed by atoms with van der Waals surface area (Å²) >= 11 is 0.885. The molecule has 120 valence electrons. The van der Waals surface area contributed by atoms with Gasteiger partial charge < -0.3 is 4.74 Å². The lowest BCUT2D eigenvalue weighted by Crippen LogP contribution is -2.26. The number of aromatic nitrogens is 3. The van der Waals surface area contributed by atoms with E-state index in [-0.39, 0.29) is 10.8 Å². The Balaban J connectivity index is 1.86. The van der Waals surface area contributed by atoms with Gasteiger partial charge in [-0.05, 0) is 17.7 Å². The summed E-state index contributed by atoms with van der Waals surface area (Å²) in [7, 11) is 1.56. The zero-order valence-electron chi connectivity index (χ0n) is 12.0. The quantitative estimate of drug-likeness (QED) is 0.378. The molecule has 0 aliphatic carbocycles. The minimum absolute atomic E-state index is 0.00322. The predicted molar refractivity (Wildman–Crippen MR) is 84.9 cm³/mol. The van der Waals surface area contributed by atoms with Gasteiger partial charge in [-0.15, -0.1) is 0 Å². The lowest BCUT2D eigenvalue weighted by molar-refractivity contribution is -0.118. The fourth-order valence-electron chi connectivity index (χ4n) is 1.50. The number of hydrogen-bond donors (Lipinski definition) is 3. The molecule has 0 aliphatic rings. The first-order valence-electron chi connectivity index (χ1n) is 6.36. The van der Waals surface area contributed by atoms with Gasteiger partial charge in [0.05, 0.1) is 19.1 Å². The third-order valence-corrected chi connectivity index (χ3v) is 3.47. The highest BCUT2D eigenvalue weighted by atomic mass is 32.2. The molecule has 9 nitrogen and oxygen atoms in total. The zero-order valence-corrected chi connectivity index (χ0v) is 12.8. The standard InChI is InChI=1S/C13H13N5O4S/c1-22-9-4-2-3-8(5-9)6-14-16-10(19)7-23-12-11(20)15-13(21)18-17-12/h2-6H,7H2,1H3,(H,16,19)(H2,15,18,20,21)/b14-6+. The van der Waals surface area contributed by atoms with Crippen molar-refractivity contribution >= 4 is 23.9 Å². The molecule has 0 aliphatic heterocycles. The van der Waals surface area contributed by atoms with Gasteiger partial charge in [-0.1, -0.05) is 23.9 Å². The highest BCUT2D eigenvalue weighted by Crippen LogP contribution is 2.10. The number of amides is 1. The number of benzene rings is 1. The van der Waals surface area contributed by atoms with Crippen molar-refractivity contribution in [1.29, 1.82) is 0 Å². The molecule has 0 saturated heterocycles. The minimum atomic E-state index is -0.702. The van der Waals surface area contributed by atoms with Crippen molar-refractivity contribution in [3.63, 3.8) is 0 Å². The lowest BCUT2D eigenvalue weighted by atomic mass is 10.2. The first-order valence-corrected chi connectivity index (χ1v) is 7.35. The lowest BCUT2D eigenvalue weighted by Gasteiger charge is -2.00. The Morgan fingerprint density at radius 1 is 1.48 bits per heavy atom. The maximum absolute atomic E-state index is 11.6. The van der Waals surface area contributed by atoms with Gasteiger partial charge in [-0.2, -0.15) is 10.2 Å². The van der Waals surface area contributed by atoms with E-state index < -0.39 is 17.2 Å². The van der Waals surface area contributed by atoms with E-state index in [1.807, 2.05) is 4.98 Å². The Morgan fingerprint density at radius 3 is 3.04 bits per heavy atom. The fourth-order valence-corrected chi connectivity index (χ4v) is 2.13. The fraction of sp³-hybridized carbons (Fsp3) is 0.154. The van der Waals surface area contributed by atoms with E-state index in [0.29, 0.717) is 5.75 Å². The number of H-pyrrole nitrogens is 2. The van der Waals surface area contributed by atoms with Crippen molar-refractivity contribution in [3.05, 3.63) is 50.7 Å². The van der Waals surface area contributed by atoms with Crippen LogP contribution in [0.4, 0.5) is 0 Å². The van der Waals surface area contributed by atoms with Crippen LogP contribution >= 0.6 is 11.8 Å². The largest absolute Gasteiger partial charge is 0.497 e. The number of aromatic amines is 2. The summed E-state index contributed by atoms with van der Waals surface area (Å²) in [6.45, 7) is 0. The average Bonchev–Trinajstić information content (AvgIpc) is 2.54. The Labute approximate surface area is 134 Å². The molecule has 0 saturated carbocycles. The smallest absolute Gasteiger partial charge is 0.342 e. The number of carbonyl (C=O) groups excluding carboxylic acids is 1. The average molecular weight is 335 g/mol. The maximum atomic E-state index is 11.6. The van der Waals surface area contributed by atoms with Crippen molar-refractivity contribution in [2.75, 3.05) is 12.9 Å². The van der Waals surface area contributed by atoms with Crippen LogP contribution < -0.4 is 21.4 Å². The second kappa shape index (κ2) is 7.94. The van der Waals surface area contributed by atoms with E-state index >= 15 is 0 Å². The summed E-state index contributed by atoms with van der Waals surface area (Å²) in [5.41, 5.74) is 1.74. The molecular weight excluding hydrogens is 322 g/mol. The number of hydrogen-bond acceptors (Lipinski definition) is 7. The molecule has 1 aromatic heterocycles. The number of rotatable bonds is 6. The van der Waals surface area contributed by atoms with Gasteiger partial charge >= 0.3 is 5.69 Å². The van der Waals surface area contributed by atoms with Gasteiger partial charge in [0.15, 0.2) is 5.03 Å². The topological polar surface area (TPSA) is 129 Å². The summed E-state index contributed by atoms with van der Waals surface area (Å²) < 4.78 is 5.07. The second-order valence-corrected chi connectivity index (χ2v) is 5.13. The van der Waals surface area contributed by atoms with Crippen LogP contribution in [0.2, 0.25) is 0 Å². The third kappa shape index (κ3) is 5.11. The molecule has 23 heavy (non-hydrogen) atoms. The molecule has 1 amide bonds. The molecular formula is C13H13N5O4S. The summed E-state index contributed by atoms with van der Waals surface area (Å²) in [6, 6.07) is 7.15. The molecule has 3 N–H and O–H groups in total. The Hall–Kier alpha value is -2.88. The first-order chi connectivity index (χ1) is 11.1. The number of nitrogens with one attached hydrogen (secondary N) is 3. The van der Waals surface area contributed by atoms with Crippen LogP contribution in [0.15, 0.2) is 44.0 Å². The van der Waals surface area contributed by atoms with Crippen LogP contribution in [0.1, 0.15) is 5.56 Å². The van der Waals surface area contributed by atoms with Crippen molar-refractivity contribution in [2.45, 2.75) is 5.03 Å². The highest BCUT2D eigenvalue weighted by molar-refractivity contribution is 7.99. The van der Waals surface area contributed by atoms with Crippen LogP contribution in [0.3, 0.4) is 0 Å². The number of hydrazone groups is 1. The number of thioether (sulfide) groups is 1. The van der Waals surface area contributed by atoms with Crippen molar-refractivity contribution < 1.29 is 9.53 Å². The molecule has 0 bridgehead atoms. The van der Waals surface area contributed by atoms with Gasteiger partial charge in [0, 0.05) is 0 Å². The van der Waals surface area contributed by atoms with Gasteiger partial charge in [0.2, 0.25) is 5.91 Å². The van der Waals surface area contributed by atoms with Crippen molar-refractivity contribution in [1.82, 2.24) is 20.6 Å². The molecule has 0 atom stereocenters. The Kier molecular flexibility index (Phi) is 5.69. The van der Waals surface area contributed by atoms with Gasteiger partial charge in [-0.3, -0.25) is 14.6 Å². The SMILES string of the molecule is COc1cccc(/C=N/NC(=O)CSc2n[nH]c(=O)[nH]c2=O)c1. The van der Waals surface area contributed by atoms with Gasteiger partial charge in [-0.25, -0.2) is 15.3 Å². The van der Waals surface area contributed by atoms with E-state index in [0.717, 1.165) is 17.3 Å². The van der Waals surface area contributed by atoms with Crippen molar-refractivity contribution in [2.24, 2.45) is 5.10 Å². The monoisotopic (exact) mass is 335 g/mol. The van der Waals surface area contributed by atoms with Crippen LogP contribution in [-0.2, 0) is 4.79 Å². The van der Waals surface area contributed by atoms with E-state index in [1.54, 1.807) is 31.4 Å². The zero-order chi connectivity index (χ0) is 16.7. The molecule has 0 spiro atoms. The van der Waals surface area contributed by atoms with Gasteiger partial charge in [0.25, 0.3) is 5.56 Å². The first kappa shape index (κ1) is 16.5. The predicted octanol–water partition coefficient (Wildman–Crippen LogP) is -0.291. The van der Waals surface area contributed by atoms with Gasteiger partial charge in [0.1, 0.15) is 5.75 Å². The van der Waals surface area contributed by atoms with Crippen molar-refractivity contribution in [3.8, 4) is 5.75 Å². The summed E-state index contributed by atoms with van der Waals surface area (Å²) in [5, 5.41) is 9.44. The number of nitrogens with zero attached hydrogens (tertiary/aromatic N) is 2. The minimum Gasteiger partial charge on any atom is -0.497 e. The molecule has 1 aromatic carbocycles. The number of methoxy groups -OCH3 is 1. The number of carbonyl (C=O) groups is 1. The molecule has 0 fully saturated rings. The van der Waals surface area contributed by atoms with Crippen LogP contribution in [0, 0.1) is 0 Å². The van der Waals surface area contributed by atoms with E-state index in [2.05, 4.69) is 20.7 Å². The van der Waals surface area contributed by atoms with E-state index in [4.69, 9.17) is 4.74 Å². The number of ether oxygens (including phenoxy) is 1. The summed E-state index contributed by atoms with van der Waals surface area (Å²) in [4.78, 5) is 35.8. The summed E-state index contributed by atoms with van der Waals surface area (Å²) in [6.07, 6.45) is 1.47. The van der Waals surface area contributed by atoms with Crippen LogP contribution in [0.5, 0.6) is 5.75 Å².